The first-order chi connectivity index (χ1) is 26.8. The van der Waals surface area contributed by atoms with Crippen LogP contribution in [0.4, 0.5) is 0 Å². The number of fused-ring (bicyclic) bond motifs is 9. The summed E-state index contributed by atoms with van der Waals surface area (Å²) in [7, 11) is 0. The van der Waals surface area contributed by atoms with E-state index in [-0.39, 0.29) is 5.41 Å². The van der Waals surface area contributed by atoms with Crippen molar-refractivity contribution < 1.29 is 0 Å². The van der Waals surface area contributed by atoms with Gasteiger partial charge in [0.15, 0.2) is 0 Å². The quantitative estimate of drug-likeness (QED) is 0.174. The van der Waals surface area contributed by atoms with E-state index < -0.39 is 0 Å². The lowest BCUT2D eigenvalue weighted by Crippen LogP contribution is -2.55. The highest BCUT2D eigenvalue weighted by atomic mass is 15.0. The molecular formula is C52H40N2. The Morgan fingerprint density at radius 1 is 0.389 bits per heavy atom. The van der Waals surface area contributed by atoms with E-state index in [9.17, 15) is 0 Å². The van der Waals surface area contributed by atoms with Gasteiger partial charge in [0, 0.05) is 38.3 Å². The molecule has 2 aromatic heterocycles. The van der Waals surface area contributed by atoms with Crippen molar-refractivity contribution in [2.45, 2.75) is 37.5 Å². The monoisotopic (exact) mass is 692 g/mol. The topological polar surface area (TPSA) is 9.86 Å². The summed E-state index contributed by atoms with van der Waals surface area (Å²) in [6, 6.07) is 59.7. The third-order valence-corrected chi connectivity index (χ3v) is 14.5. The van der Waals surface area contributed by atoms with Crippen LogP contribution in [0.5, 0.6) is 0 Å². The van der Waals surface area contributed by atoms with Crippen LogP contribution in [-0.2, 0) is 5.41 Å². The SMILES string of the molecule is c1ccc2c(c1)-c1c(-c3ccc4c5ccccc5n(-c5ccc(-n6c7ccccc7c7ccccc76)cc5)c4c3)cccc1C21C2CC3CC(C2)CC1C3. The van der Waals surface area contributed by atoms with E-state index in [4.69, 9.17) is 0 Å². The Morgan fingerprint density at radius 3 is 1.48 bits per heavy atom. The third-order valence-electron chi connectivity index (χ3n) is 14.5. The summed E-state index contributed by atoms with van der Waals surface area (Å²) in [5.74, 6) is 3.42. The van der Waals surface area contributed by atoms with Crippen LogP contribution in [0.15, 0.2) is 158 Å². The molecule has 0 amide bonds. The van der Waals surface area contributed by atoms with E-state index in [1.54, 1.807) is 11.1 Å². The zero-order valence-corrected chi connectivity index (χ0v) is 30.3. The fraction of sp³-hybridized carbons (Fsp3) is 0.192. The van der Waals surface area contributed by atoms with Crippen molar-refractivity contribution >= 4 is 43.6 Å². The van der Waals surface area contributed by atoms with Gasteiger partial charge in [-0.05, 0) is 138 Å². The Morgan fingerprint density at radius 2 is 0.870 bits per heavy atom. The molecule has 5 aliphatic carbocycles. The first kappa shape index (κ1) is 29.6. The average molecular weight is 693 g/mol. The maximum Gasteiger partial charge on any atom is 0.0547 e. The van der Waals surface area contributed by atoms with E-state index >= 15 is 0 Å². The van der Waals surface area contributed by atoms with Gasteiger partial charge in [-0.3, -0.25) is 0 Å². The van der Waals surface area contributed by atoms with E-state index in [2.05, 4.69) is 167 Å². The maximum atomic E-state index is 2.52. The number of nitrogens with zero attached hydrogens (tertiary/aromatic N) is 2. The molecule has 14 rings (SSSR count). The number of hydrogen-bond donors (Lipinski definition) is 0. The van der Waals surface area contributed by atoms with Crippen LogP contribution in [0.25, 0.3) is 77.2 Å². The molecule has 7 aromatic carbocycles. The fourth-order valence-electron chi connectivity index (χ4n) is 12.8. The fourth-order valence-corrected chi connectivity index (χ4v) is 12.8. The van der Waals surface area contributed by atoms with Crippen molar-refractivity contribution in [2.24, 2.45) is 23.7 Å². The molecule has 2 nitrogen and oxygen atoms in total. The predicted molar refractivity (Wildman–Crippen MR) is 224 cm³/mol. The number of aromatic nitrogens is 2. The molecule has 2 heteroatoms. The van der Waals surface area contributed by atoms with E-state index in [1.807, 2.05) is 0 Å². The highest BCUT2D eigenvalue weighted by molar-refractivity contribution is 6.11. The Bertz CT molecular complexity index is 2930. The minimum atomic E-state index is 0.173. The van der Waals surface area contributed by atoms with Crippen LogP contribution in [0, 0.1) is 23.7 Å². The molecule has 0 radical (unpaired) electrons. The number of para-hydroxylation sites is 3. The van der Waals surface area contributed by atoms with Gasteiger partial charge < -0.3 is 9.13 Å². The molecule has 258 valence electrons. The smallest absolute Gasteiger partial charge is 0.0547 e. The Labute approximate surface area is 315 Å². The molecule has 9 aromatic rings. The molecule has 0 atom stereocenters. The molecule has 5 aliphatic rings. The van der Waals surface area contributed by atoms with Gasteiger partial charge in [-0.2, -0.15) is 0 Å². The lowest BCUT2D eigenvalue weighted by Gasteiger charge is -2.61. The van der Waals surface area contributed by atoms with Gasteiger partial charge in [-0.25, -0.2) is 0 Å². The lowest BCUT2D eigenvalue weighted by atomic mass is 9.43. The summed E-state index contributed by atoms with van der Waals surface area (Å²) < 4.78 is 4.89. The second kappa shape index (κ2) is 10.6. The summed E-state index contributed by atoms with van der Waals surface area (Å²) in [4.78, 5) is 0. The van der Waals surface area contributed by atoms with E-state index in [0.29, 0.717) is 0 Å². The summed E-state index contributed by atoms with van der Waals surface area (Å²) >= 11 is 0. The zero-order chi connectivity index (χ0) is 35.1. The Balaban J connectivity index is 0.995. The van der Waals surface area contributed by atoms with Gasteiger partial charge in [-0.1, -0.05) is 109 Å². The first-order valence-electron chi connectivity index (χ1n) is 20.1. The molecule has 0 unspecified atom stereocenters. The highest BCUT2D eigenvalue weighted by Crippen LogP contribution is 2.70. The van der Waals surface area contributed by atoms with Crippen LogP contribution in [0.1, 0.15) is 43.2 Å². The minimum Gasteiger partial charge on any atom is -0.309 e. The Hall–Kier alpha value is -5.86. The minimum absolute atomic E-state index is 0.173. The van der Waals surface area contributed by atoms with E-state index in [1.165, 1.54) is 109 Å². The van der Waals surface area contributed by atoms with Gasteiger partial charge in [0.1, 0.15) is 0 Å². The standard InChI is InChI=1S/C52H40N2/c1-5-15-45-44(13-1)51-39(14-9-16-46(51)52(45)35-27-32-26-33(29-35)30-36(52)28-32)34-20-25-43-42-12-4-8-19-49(42)54(50(43)31-34)38-23-21-37(22-24-38)53-47-17-6-2-10-40(47)41-11-3-7-18-48(41)53/h1-25,31-33,35-36H,26-30H2. The molecule has 2 heterocycles. The summed E-state index contributed by atoms with van der Waals surface area (Å²) in [6.07, 6.45) is 7.12. The van der Waals surface area contributed by atoms with Gasteiger partial charge in [0.2, 0.25) is 0 Å². The molecule has 0 N–H and O–H groups in total. The molecule has 4 fully saturated rings. The second-order valence-electron chi connectivity index (χ2n) is 16.9. The van der Waals surface area contributed by atoms with Crippen LogP contribution >= 0.6 is 0 Å². The maximum absolute atomic E-state index is 2.52. The van der Waals surface area contributed by atoms with E-state index in [0.717, 1.165) is 23.7 Å². The lowest BCUT2D eigenvalue weighted by molar-refractivity contribution is -0.0399. The molecule has 0 saturated heterocycles. The summed E-state index contributed by atoms with van der Waals surface area (Å²) in [6.45, 7) is 0. The van der Waals surface area contributed by atoms with Crippen molar-refractivity contribution in [3.63, 3.8) is 0 Å². The van der Waals surface area contributed by atoms with Crippen molar-refractivity contribution in [3.8, 4) is 33.6 Å². The molecule has 4 bridgehead atoms. The van der Waals surface area contributed by atoms with Crippen LogP contribution in [0.3, 0.4) is 0 Å². The second-order valence-corrected chi connectivity index (χ2v) is 16.9. The normalized spacial score (nSPS) is 23.6. The van der Waals surface area contributed by atoms with Gasteiger partial charge in [0.05, 0.1) is 22.1 Å². The predicted octanol–water partition coefficient (Wildman–Crippen LogP) is 13.3. The first-order valence-corrected chi connectivity index (χ1v) is 20.1. The van der Waals surface area contributed by atoms with Crippen molar-refractivity contribution in [1.82, 2.24) is 9.13 Å². The molecular weight excluding hydrogens is 653 g/mol. The van der Waals surface area contributed by atoms with Gasteiger partial charge in [-0.15, -0.1) is 0 Å². The van der Waals surface area contributed by atoms with Gasteiger partial charge >= 0.3 is 0 Å². The van der Waals surface area contributed by atoms with Gasteiger partial charge in [0.25, 0.3) is 0 Å². The van der Waals surface area contributed by atoms with Crippen molar-refractivity contribution in [1.29, 1.82) is 0 Å². The number of benzene rings is 7. The highest BCUT2D eigenvalue weighted by Gasteiger charge is 2.61. The molecule has 1 spiro atoms. The zero-order valence-electron chi connectivity index (χ0n) is 30.3. The molecule has 4 saturated carbocycles. The molecule has 54 heavy (non-hydrogen) atoms. The van der Waals surface area contributed by atoms with Crippen LogP contribution in [-0.4, -0.2) is 9.13 Å². The van der Waals surface area contributed by atoms with Crippen molar-refractivity contribution in [2.75, 3.05) is 0 Å². The largest absolute Gasteiger partial charge is 0.309 e. The summed E-state index contributed by atoms with van der Waals surface area (Å²) in [5, 5.41) is 5.17. The molecule has 0 aliphatic heterocycles. The van der Waals surface area contributed by atoms with Crippen LogP contribution < -0.4 is 0 Å². The third kappa shape index (κ3) is 3.71. The van der Waals surface area contributed by atoms with Crippen molar-refractivity contribution in [3.05, 3.63) is 169 Å². The number of rotatable bonds is 3. The summed E-state index contributed by atoms with van der Waals surface area (Å²) in [5.41, 5.74) is 16.4. The number of hydrogen-bond acceptors (Lipinski definition) is 0. The van der Waals surface area contributed by atoms with Crippen LogP contribution in [0.2, 0.25) is 0 Å². The Kier molecular flexibility index (Phi) is 5.83. The average Bonchev–Trinajstić information content (AvgIpc) is 3.84.